The SMILES string of the molecule is C[C@H]1CN(c2ccc(O)cc2)CCN1. The summed E-state index contributed by atoms with van der Waals surface area (Å²) < 4.78 is 0. The van der Waals surface area contributed by atoms with Gasteiger partial charge in [0.05, 0.1) is 0 Å². The van der Waals surface area contributed by atoms with Gasteiger partial charge in [-0.3, -0.25) is 0 Å². The highest BCUT2D eigenvalue weighted by molar-refractivity contribution is 5.49. The quantitative estimate of drug-likeness (QED) is 0.701. The van der Waals surface area contributed by atoms with Gasteiger partial charge in [-0.15, -0.1) is 0 Å². The Morgan fingerprint density at radius 1 is 1.36 bits per heavy atom. The number of phenolic OH excluding ortho intramolecular Hbond substituents is 1. The minimum Gasteiger partial charge on any atom is -0.508 e. The van der Waals surface area contributed by atoms with Gasteiger partial charge in [0.15, 0.2) is 0 Å². The van der Waals surface area contributed by atoms with Crippen LogP contribution in [0.15, 0.2) is 24.3 Å². The van der Waals surface area contributed by atoms with Crippen molar-refractivity contribution >= 4 is 5.69 Å². The molecule has 0 bridgehead atoms. The molecule has 3 heteroatoms. The number of nitrogens with one attached hydrogen (secondary N) is 1. The van der Waals surface area contributed by atoms with Gasteiger partial charge in [-0.1, -0.05) is 0 Å². The lowest BCUT2D eigenvalue weighted by atomic mass is 10.2. The van der Waals surface area contributed by atoms with E-state index in [1.165, 1.54) is 5.69 Å². The highest BCUT2D eigenvalue weighted by Gasteiger charge is 2.15. The van der Waals surface area contributed by atoms with Crippen LogP contribution >= 0.6 is 0 Å². The Labute approximate surface area is 84.4 Å². The molecular weight excluding hydrogens is 176 g/mol. The van der Waals surface area contributed by atoms with Crippen LogP contribution < -0.4 is 10.2 Å². The molecule has 76 valence electrons. The number of anilines is 1. The summed E-state index contributed by atoms with van der Waals surface area (Å²) in [5.74, 6) is 0.330. The lowest BCUT2D eigenvalue weighted by Gasteiger charge is -2.33. The topological polar surface area (TPSA) is 35.5 Å². The molecule has 1 saturated heterocycles. The Balaban J connectivity index is 2.10. The summed E-state index contributed by atoms with van der Waals surface area (Å²) in [7, 11) is 0. The van der Waals surface area contributed by atoms with Gasteiger partial charge >= 0.3 is 0 Å². The molecule has 0 amide bonds. The van der Waals surface area contributed by atoms with E-state index in [4.69, 9.17) is 0 Å². The first-order chi connectivity index (χ1) is 6.75. The first-order valence-electron chi connectivity index (χ1n) is 5.03. The molecule has 0 spiro atoms. The van der Waals surface area contributed by atoms with Gasteiger partial charge in [-0.05, 0) is 31.2 Å². The summed E-state index contributed by atoms with van der Waals surface area (Å²) in [5.41, 5.74) is 1.19. The fourth-order valence-corrected chi connectivity index (χ4v) is 1.83. The molecule has 0 aliphatic carbocycles. The predicted octanol–water partition coefficient (Wildman–Crippen LogP) is 1.19. The average molecular weight is 192 g/mol. The molecule has 1 aromatic rings. The molecule has 3 nitrogen and oxygen atoms in total. The minimum absolute atomic E-state index is 0.330. The van der Waals surface area contributed by atoms with Crippen molar-refractivity contribution in [2.45, 2.75) is 13.0 Å². The van der Waals surface area contributed by atoms with Crippen molar-refractivity contribution in [3.05, 3.63) is 24.3 Å². The van der Waals surface area contributed by atoms with E-state index in [0.29, 0.717) is 11.8 Å². The number of aromatic hydroxyl groups is 1. The van der Waals surface area contributed by atoms with Gasteiger partial charge in [0, 0.05) is 31.4 Å². The molecule has 0 saturated carbocycles. The lowest BCUT2D eigenvalue weighted by Crippen LogP contribution is -2.49. The van der Waals surface area contributed by atoms with Gasteiger partial charge in [0.2, 0.25) is 0 Å². The number of phenols is 1. The van der Waals surface area contributed by atoms with Crippen molar-refractivity contribution < 1.29 is 5.11 Å². The molecule has 1 aliphatic rings. The number of hydrogen-bond donors (Lipinski definition) is 2. The third-order valence-corrected chi connectivity index (χ3v) is 2.58. The third kappa shape index (κ3) is 1.99. The van der Waals surface area contributed by atoms with E-state index in [0.717, 1.165) is 19.6 Å². The van der Waals surface area contributed by atoms with Crippen LogP contribution in [-0.2, 0) is 0 Å². The molecule has 1 fully saturated rings. The smallest absolute Gasteiger partial charge is 0.115 e. The van der Waals surface area contributed by atoms with Crippen molar-refractivity contribution in [3.63, 3.8) is 0 Å². The highest BCUT2D eigenvalue weighted by atomic mass is 16.3. The van der Waals surface area contributed by atoms with Gasteiger partial charge < -0.3 is 15.3 Å². The Morgan fingerprint density at radius 2 is 2.07 bits per heavy atom. The summed E-state index contributed by atoms with van der Waals surface area (Å²) in [6.07, 6.45) is 0. The van der Waals surface area contributed by atoms with Crippen molar-refractivity contribution in [1.82, 2.24) is 5.32 Å². The Morgan fingerprint density at radius 3 is 2.71 bits per heavy atom. The van der Waals surface area contributed by atoms with Gasteiger partial charge in [-0.25, -0.2) is 0 Å². The molecule has 1 heterocycles. The Kier molecular flexibility index (Phi) is 2.59. The van der Waals surface area contributed by atoms with Gasteiger partial charge in [0.1, 0.15) is 5.75 Å². The van der Waals surface area contributed by atoms with Crippen LogP contribution in [-0.4, -0.2) is 30.8 Å². The second-order valence-electron chi connectivity index (χ2n) is 3.82. The summed E-state index contributed by atoms with van der Waals surface area (Å²) in [6.45, 7) is 5.29. The van der Waals surface area contributed by atoms with E-state index in [1.54, 1.807) is 12.1 Å². The second kappa shape index (κ2) is 3.88. The van der Waals surface area contributed by atoms with Crippen molar-refractivity contribution in [2.75, 3.05) is 24.5 Å². The summed E-state index contributed by atoms with van der Waals surface area (Å²) in [4.78, 5) is 2.33. The van der Waals surface area contributed by atoms with E-state index < -0.39 is 0 Å². The fraction of sp³-hybridized carbons (Fsp3) is 0.455. The first-order valence-corrected chi connectivity index (χ1v) is 5.03. The molecular formula is C11H16N2O. The van der Waals surface area contributed by atoms with Crippen LogP contribution in [0.2, 0.25) is 0 Å². The molecule has 0 aromatic heterocycles. The monoisotopic (exact) mass is 192 g/mol. The molecule has 0 radical (unpaired) electrons. The number of rotatable bonds is 1. The molecule has 2 rings (SSSR count). The van der Waals surface area contributed by atoms with Crippen LogP contribution in [0.1, 0.15) is 6.92 Å². The molecule has 2 N–H and O–H groups in total. The zero-order valence-electron chi connectivity index (χ0n) is 8.40. The van der Waals surface area contributed by atoms with E-state index in [9.17, 15) is 5.11 Å². The van der Waals surface area contributed by atoms with Crippen molar-refractivity contribution in [1.29, 1.82) is 0 Å². The Hall–Kier alpha value is -1.22. The maximum Gasteiger partial charge on any atom is 0.115 e. The summed E-state index contributed by atoms with van der Waals surface area (Å²) >= 11 is 0. The molecule has 1 aliphatic heterocycles. The van der Waals surface area contributed by atoms with Crippen LogP contribution in [0.25, 0.3) is 0 Å². The predicted molar refractivity (Wildman–Crippen MR) is 57.8 cm³/mol. The van der Waals surface area contributed by atoms with Crippen LogP contribution in [0, 0.1) is 0 Å². The van der Waals surface area contributed by atoms with E-state index in [-0.39, 0.29) is 0 Å². The number of nitrogens with zero attached hydrogens (tertiary/aromatic N) is 1. The highest BCUT2D eigenvalue weighted by Crippen LogP contribution is 2.19. The van der Waals surface area contributed by atoms with Crippen LogP contribution in [0.3, 0.4) is 0 Å². The lowest BCUT2D eigenvalue weighted by molar-refractivity contribution is 0.473. The number of hydrogen-bond acceptors (Lipinski definition) is 3. The zero-order valence-corrected chi connectivity index (χ0v) is 8.40. The Bertz CT molecular complexity index is 297. The minimum atomic E-state index is 0.330. The normalized spacial score (nSPS) is 22.4. The average Bonchev–Trinajstić information content (AvgIpc) is 2.19. The summed E-state index contributed by atoms with van der Waals surface area (Å²) in [5, 5.41) is 12.6. The zero-order chi connectivity index (χ0) is 9.97. The molecule has 1 aromatic carbocycles. The third-order valence-electron chi connectivity index (χ3n) is 2.58. The van der Waals surface area contributed by atoms with Crippen molar-refractivity contribution in [2.24, 2.45) is 0 Å². The summed E-state index contributed by atoms with van der Waals surface area (Å²) in [6, 6.07) is 7.95. The van der Waals surface area contributed by atoms with Crippen LogP contribution in [0.5, 0.6) is 5.75 Å². The van der Waals surface area contributed by atoms with Gasteiger partial charge in [-0.2, -0.15) is 0 Å². The first kappa shape index (κ1) is 9.34. The van der Waals surface area contributed by atoms with E-state index in [2.05, 4.69) is 17.1 Å². The standard InChI is InChI=1S/C11H16N2O/c1-9-8-13(7-6-12-9)10-2-4-11(14)5-3-10/h2-5,9,12,14H,6-8H2,1H3/t9-/m0/s1. The maximum absolute atomic E-state index is 9.18. The molecule has 0 unspecified atom stereocenters. The largest absolute Gasteiger partial charge is 0.508 e. The maximum atomic E-state index is 9.18. The van der Waals surface area contributed by atoms with E-state index in [1.807, 2.05) is 12.1 Å². The number of piperazine rings is 1. The molecule has 1 atom stereocenters. The fourth-order valence-electron chi connectivity index (χ4n) is 1.83. The van der Waals surface area contributed by atoms with Crippen LogP contribution in [0.4, 0.5) is 5.69 Å². The number of benzene rings is 1. The van der Waals surface area contributed by atoms with Crippen molar-refractivity contribution in [3.8, 4) is 5.75 Å². The second-order valence-corrected chi connectivity index (χ2v) is 3.82. The molecule has 14 heavy (non-hydrogen) atoms. The van der Waals surface area contributed by atoms with E-state index >= 15 is 0 Å². The van der Waals surface area contributed by atoms with Gasteiger partial charge in [0.25, 0.3) is 0 Å².